The molecule has 1 amide bonds. The van der Waals surface area contributed by atoms with Crippen molar-refractivity contribution < 1.29 is 9.53 Å². The van der Waals surface area contributed by atoms with E-state index in [4.69, 9.17) is 4.74 Å². The molecule has 0 spiro atoms. The van der Waals surface area contributed by atoms with E-state index < -0.39 is 0 Å². The molecule has 0 fully saturated rings. The van der Waals surface area contributed by atoms with Gasteiger partial charge in [-0.1, -0.05) is 42.5 Å². The zero-order valence-electron chi connectivity index (χ0n) is 14.6. The molecule has 1 aliphatic rings. The first-order valence-corrected chi connectivity index (χ1v) is 10.5. The van der Waals surface area contributed by atoms with Crippen molar-refractivity contribution >= 4 is 39.7 Å². The molecule has 27 heavy (non-hydrogen) atoms. The van der Waals surface area contributed by atoms with E-state index >= 15 is 0 Å². The highest BCUT2D eigenvalue weighted by Crippen LogP contribution is 2.36. The molecule has 0 atom stereocenters. The van der Waals surface area contributed by atoms with Crippen LogP contribution in [0.2, 0.25) is 0 Å². The summed E-state index contributed by atoms with van der Waals surface area (Å²) in [6.07, 6.45) is 1.70. The normalized spacial score (nSPS) is 13.9. The van der Waals surface area contributed by atoms with Gasteiger partial charge in [0.25, 0.3) is 5.91 Å². The van der Waals surface area contributed by atoms with Crippen LogP contribution in [0.25, 0.3) is 4.91 Å². The highest BCUT2D eigenvalue weighted by molar-refractivity contribution is 8.08. The maximum Gasteiger partial charge on any atom is 0.296 e. The standard InChI is InChI=1S/C21H18N2O2S2/c24-21(19-20(27-14-12-25-19)16-7-2-1-3-8-16)23(15-17-9-6-13-26-17)18-10-4-5-11-22-18/h1-11,13H,12,14-15H2. The summed E-state index contributed by atoms with van der Waals surface area (Å²) in [6, 6.07) is 19.5. The Bertz CT molecular complexity index is 925. The van der Waals surface area contributed by atoms with Gasteiger partial charge in [-0.25, -0.2) is 4.98 Å². The summed E-state index contributed by atoms with van der Waals surface area (Å²) in [4.78, 5) is 21.6. The van der Waals surface area contributed by atoms with E-state index in [2.05, 4.69) is 4.98 Å². The van der Waals surface area contributed by atoms with E-state index in [-0.39, 0.29) is 5.91 Å². The van der Waals surface area contributed by atoms with E-state index in [1.807, 2.05) is 66.0 Å². The molecule has 0 unspecified atom stereocenters. The van der Waals surface area contributed by atoms with Crippen LogP contribution in [0.3, 0.4) is 0 Å². The predicted molar refractivity (Wildman–Crippen MR) is 112 cm³/mol. The van der Waals surface area contributed by atoms with E-state index in [1.54, 1.807) is 34.2 Å². The molecule has 0 bridgehead atoms. The number of ether oxygens (including phenoxy) is 1. The number of pyridine rings is 1. The minimum Gasteiger partial charge on any atom is -0.486 e. The molecule has 136 valence electrons. The van der Waals surface area contributed by atoms with Gasteiger partial charge < -0.3 is 4.74 Å². The van der Waals surface area contributed by atoms with E-state index in [0.717, 1.165) is 21.1 Å². The lowest BCUT2D eigenvalue weighted by Gasteiger charge is -2.26. The molecular formula is C21H18N2O2S2. The lowest BCUT2D eigenvalue weighted by Crippen LogP contribution is -2.34. The summed E-state index contributed by atoms with van der Waals surface area (Å²) in [5.74, 6) is 1.69. The van der Waals surface area contributed by atoms with Gasteiger partial charge in [0.1, 0.15) is 5.82 Å². The number of hydrogen-bond acceptors (Lipinski definition) is 5. The van der Waals surface area contributed by atoms with Crippen molar-refractivity contribution in [1.29, 1.82) is 0 Å². The molecule has 3 heterocycles. The third-order valence-electron chi connectivity index (χ3n) is 4.08. The number of nitrogens with zero attached hydrogens (tertiary/aromatic N) is 2. The molecule has 0 aliphatic carbocycles. The van der Waals surface area contributed by atoms with Gasteiger partial charge in [-0.2, -0.15) is 0 Å². The number of carbonyl (C=O) groups excluding carboxylic acids is 1. The van der Waals surface area contributed by atoms with E-state index in [9.17, 15) is 4.79 Å². The minimum absolute atomic E-state index is 0.159. The SMILES string of the molecule is O=C(C1=C(c2ccccc2)SCCO1)N(Cc1cccs1)c1ccccn1. The average molecular weight is 395 g/mol. The number of thiophene rings is 1. The first-order valence-electron chi connectivity index (χ1n) is 8.63. The van der Waals surface area contributed by atoms with Crippen molar-refractivity contribution in [2.24, 2.45) is 0 Å². The third kappa shape index (κ3) is 4.07. The van der Waals surface area contributed by atoms with Gasteiger partial charge in [-0.3, -0.25) is 9.69 Å². The molecule has 0 radical (unpaired) electrons. The molecule has 2 aromatic heterocycles. The van der Waals surface area contributed by atoms with Crippen LogP contribution in [-0.4, -0.2) is 23.3 Å². The highest BCUT2D eigenvalue weighted by atomic mass is 32.2. The molecule has 4 rings (SSSR count). The Morgan fingerprint density at radius 1 is 1.07 bits per heavy atom. The Kier molecular flexibility index (Phi) is 5.55. The lowest BCUT2D eigenvalue weighted by atomic mass is 10.2. The molecule has 6 heteroatoms. The third-order valence-corrected chi connectivity index (χ3v) is 6.02. The Balaban J connectivity index is 1.74. The number of hydrogen-bond donors (Lipinski definition) is 0. The highest BCUT2D eigenvalue weighted by Gasteiger charge is 2.29. The molecule has 0 N–H and O–H groups in total. The first-order chi connectivity index (χ1) is 13.3. The second-order valence-electron chi connectivity index (χ2n) is 5.88. The van der Waals surface area contributed by atoms with Crippen LogP contribution < -0.4 is 4.90 Å². The van der Waals surface area contributed by atoms with Crippen molar-refractivity contribution in [1.82, 2.24) is 4.98 Å². The summed E-state index contributed by atoms with van der Waals surface area (Å²) < 4.78 is 5.87. The lowest BCUT2D eigenvalue weighted by molar-refractivity contribution is -0.118. The molecule has 3 aromatic rings. The summed E-state index contributed by atoms with van der Waals surface area (Å²) in [7, 11) is 0. The van der Waals surface area contributed by atoms with E-state index in [1.165, 1.54) is 0 Å². The zero-order chi connectivity index (χ0) is 18.5. The number of thioether (sulfide) groups is 1. The number of benzene rings is 1. The van der Waals surface area contributed by atoms with Crippen LogP contribution in [0.5, 0.6) is 0 Å². The Morgan fingerprint density at radius 3 is 2.67 bits per heavy atom. The second-order valence-corrected chi connectivity index (χ2v) is 8.02. The van der Waals surface area contributed by atoms with Crippen molar-refractivity contribution in [2.45, 2.75) is 6.54 Å². The van der Waals surface area contributed by atoms with Crippen LogP contribution in [0.15, 0.2) is 78.0 Å². The van der Waals surface area contributed by atoms with Gasteiger partial charge in [-0.05, 0) is 29.1 Å². The maximum absolute atomic E-state index is 13.5. The summed E-state index contributed by atoms with van der Waals surface area (Å²) >= 11 is 3.29. The maximum atomic E-state index is 13.5. The van der Waals surface area contributed by atoms with Crippen molar-refractivity contribution in [3.63, 3.8) is 0 Å². The Hall–Kier alpha value is -2.57. The average Bonchev–Trinajstić information content (AvgIpc) is 3.26. The number of anilines is 1. The van der Waals surface area contributed by atoms with Crippen LogP contribution in [0.4, 0.5) is 5.82 Å². The zero-order valence-corrected chi connectivity index (χ0v) is 16.2. The first kappa shape index (κ1) is 17.8. The minimum atomic E-state index is -0.159. The quantitative estimate of drug-likeness (QED) is 0.623. The molecule has 4 nitrogen and oxygen atoms in total. The molecular weight excluding hydrogens is 376 g/mol. The number of aromatic nitrogens is 1. The fraction of sp³-hybridized carbons (Fsp3) is 0.143. The second kappa shape index (κ2) is 8.41. The number of rotatable bonds is 5. The van der Waals surface area contributed by atoms with Crippen LogP contribution in [-0.2, 0) is 16.1 Å². The van der Waals surface area contributed by atoms with Crippen LogP contribution in [0.1, 0.15) is 10.4 Å². The van der Waals surface area contributed by atoms with Gasteiger partial charge >= 0.3 is 0 Å². The van der Waals surface area contributed by atoms with Gasteiger partial charge in [0.05, 0.1) is 18.1 Å². The monoisotopic (exact) mass is 394 g/mol. The molecule has 0 saturated heterocycles. The van der Waals surface area contributed by atoms with E-state index in [0.29, 0.717) is 24.7 Å². The summed E-state index contributed by atoms with van der Waals surface area (Å²) in [6.45, 7) is 0.990. The number of carbonyl (C=O) groups is 1. The van der Waals surface area contributed by atoms with Gasteiger partial charge in [0, 0.05) is 16.8 Å². The molecule has 1 aromatic carbocycles. The smallest absolute Gasteiger partial charge is 0.296 e. The van der Waals surface area contributed by atoms with Gasteiger partial charge in [-0.15, -0.1) is 23.1 Å². The van der Waals surface area contributed by atoms with Crippen molar-refractivity contribution in [2.75, 3.05) is 17.3 Å². The van der Waals surface area contributed by atoms with Gasteiger partial charge in [0.2, 0.25) is 0 Å². The topological polar surface area (TPSA) is 42.4 Å². The van der Waals surface area contributed by atoms with Crippen molar-refractivity contribution in [3.05, 3.63) is 88.4 Å². The number of amides is 1. The largest absolute Gasteiger partial charge is 0.486 e. The molecule has 1 aliphatic heterocycles. The Morgan fingerprint density at radius 2 is 1.93 bits per heavy atom. The summed E-state index contributed by atoms with van der Waals surface area (Å²) in [5.41, 5.74) is 1.00. The van der Waals surface area contributed by atoms with Gasteiger partial charge in [0.15, 0.2) is 5.76 Å². The Labute approximate surface area is 166 Å². The van der Waals surface area contributed by atoms with Crippen LogP contribution in [0, 0.1) is 0 Å². The predicted octanol–water partition coefficient (Wildman–Crippen LogP) is 4.81. The van der Waals surface area contributed by atoms with Crippen LogP contribution >= 0.6 is 23.1 Å². The fourth-order valence-corrected chi connectivity index (χ4v) is 4.48. The fourth-order valence-electron chi connectivity index (χ4n) is 2.83. The molecule has 0 saturated carbocycles. The van der Waals surface area contributed by atoms with Crippen molar-refractivity contribution in [3.8, 4) is 0 Å². The summed E-state index contributed by atoms with van der Waals surface area (Å²) in [5, 5.41) is 2.01.